The molecule has 1 aromatic heterocycles. The second kappa shape index (κ2) is 7.40. The maximum Gasteiger partial charge on any atom is 0.344 e. The Bertz CT molecular complexity index is 918. The number of rotatable bonds is 6. The molecule has 0 unspecified atom stereocenters. The smallest absolute Gasteiger partial charge is 0.344 e. The fourth-order valence-electron chi connectivity index (χ4n) is 2.48. The molecule has 0 aliphatic rings. The number of Topliss-reactive ketones (excluding diaryl/α,β-unsaturated/α-hetero) is 1. The molecule has 0 radical (unpaired) electrons. The van der Waals surface area contributed by atoms with Gasteiger partial charge >= 0.3 is 5.97 Å². The molecular weight excluding hydrogens is 342 g/mol. The maximum absolute atomic E-state index is 12.5. The molecular formula is C19H16ClNO4. The zero-order chi connectivity index (χ0) is 17.8. The molecule has 1 N–H and O–H groups in total. The van der Waals surface area contributed by atoms with Crippen molar-refractivity contribution in [3.8, 4) is 5.75 Å². The Morgan fingerprint density at radius 1 is 1.16 bits per heavy atom. The molecule has 0 aliphatic carbocycles. The van der Waals surface area contributed by atoms with Gasteiger partial charge in [-0.2, -0.15) is 0 Å². The summed E-state index contributed by atoms with van der Waals surface area (Å²) in [6.07, 6.45) is 0.717. The van der Waals surface area contributed by atoms with Crippen molar-refractivity contribution in [2.45, 2.75) is 13.0 Å². The van der Waals surface area contributed by atoms with Crippen LogP contribution in [0.2, 0.25) is 5.02 Å². The topological polar surface area (TPSA) is 68.4 Å². The molecule has 1 atom stereocenters. The number of para-hydroxylation sites is 1. The van der Waals surface area contributed by atoms with Crippen LogP contribution in [-0.4, -0.2) is 29.4 Å². The van der Waals surface area contributed by atoms with Gasteiger partial charge in [-0.25, -0.2) is 4.79 Å². The summed E-state index contributed by atoms with van der Waals surface area (Å²) >= 11 is 5.85. The lowest BCUT2D eigenvalue weighted by atomic mass is 10.1. The first-order chi connectivity index (χ1) is 12.0. The van der Waals surface area contributed by atoms with Crippen molar-refractivity contribution in [1.82, 2.24) is 4.98 Å². The second-order valence-electron chi connectivity index (χ2n) is 5.49. The molecule has 128 valence electrons. The fourth-order valence-corrected chi connectivity index (χ4v) is 2.66. The number of nitrogens with one attached hydrogen (secondary N) is 1. The van der Waals surface area contributed by atoms with Gasteiger partial charge in [-0.15, -0.1) is 0 Å². The Morgan fingerprint density at radius 2 is 1.96 bits per heavy atom. The summed E-state index contributed by atoms with van der Waals surface area (Å²) < 4.78 is 10.5. The van der Waals surface area contributed by atoms with Gasteiger partial charge < -0.3 is 14.5 Å². The Labute approximate surface area is 149 Å². The number of hydrogen-bond acceptors (Lipinski definition) is 4. The minimum atomic E-state index is -0.908. The van der Waals surface area contributed by atoms with Crippen LogP contribution in [0.5, 0.6) is 5.75 Å². The predicted molar refractivity (Wildman–Crippen MR) is 95.1 cm³/mol. The van der Waals surface area contributed by atoms with Crippen LogP contribution >= 0.6 is 11.6 Å². The van der Waals surface area contributed by atoms with E-state index in [-0.39, 0.29) is 12.4 Å². The number of aromatic amines is 1. The van der Waals surface area contributed by atoms with Gasteiger partial charge in [0.05, 0.1) is 0 Å². The van der Waals surface area contributed by atoms with E-state index >= 15 is 0 Å². The van der Waals surface area contributed by atoms with Crippen molar-refractivity contribution in [3.05, 3.63) is 65.3 Å². The van der Waals surface area contributed by atoms with E-state index < -0.39 is 12.1 Å². The summed E-state index contributed by atoms with van der Waals surface area (Å²) in [4.78, 5) is 27.5. The van der Waals surface area contributed by atoms with Gasteiger partial charge in [0.1, 0.15) is 5.75 Å². The van der Waals surface area contributed by atoms with Crippen molar-refractivity contribution in [2.75, 3.05) is 6.61 Å². The number of benzene rings is 2. The van der Waals surface area contributed by atoms with Crippen molar-refractivity contribution in [2.24, 2.45) is 0 Å². The number of hydrogen-bond donors (Lipinski definition) is 1. The van der Waals surface area contributed by atoms with Crippen LogP contribution in [0.4, 0.5) is 0 Å². The van der Waals surface area contributed by atoms with Crippen LogP contribution in [0.3, 0.4) is 0 Å². The second-order valence-corrected chi connectivity index (χ2v) is 5.93. The first-order valence-corrected chi connectivity index (χ1v) is 8.10. The zero-order valence-corrected chi connectivity index (χ0v) is 14.2. The largest absolute Gasteiger partial charge is 0.482 e. The van der Waals surface area contributed by atoms with Crippen molar-refractivity contribution in [1.29, 1.82) is 0 Å². The number of H-pyrrole nitrogens is 1. The lowest BCUT2D eigenvalue weighted by Gasteiger charge is -2.12. The summed E-state index contributed by atoms with van der Waals surface area (Å²) in [7, 11) is 0. The normalized spacial score (nSPS) is 11.9. The molecule has 3 rings (SSSR count). The third kappa shape index (κ3) is 4.00. The predicted octanol–water partition coefficient (Wildman–Crippen LogP) is 4.01. The minimum Gasteiger partial charge on any atom is -0.482 e. The highest BCUT2D eigenvalue weighted by Gasteiger charge is 2.22. The molecule has 2 aromatic carbocycles. The van der Waals surface area contributed by atoms with Crippen LogP contribution < -0.4 is 4.74 Å². The minimum absolute atomic E-state index is 0.270. The summed E-state index contributed by atoms with van der Waals surface area (Å²) in [5.41, 5.74) is 1.35. The molecule has 5 nitrogen and oxygen atoms in total. The molecule has 6 heteroatoms. The highest BCUT2D eigenvalue weighted by molar-refractivity contribution is 6.30. The highest BCUT2D eigenvalue weighted by atomic mass is 35.5. The van der Waals surface area contributed by atoms with E-state index in [0.29, 0.717) is 16.3 Å². The summed E-state index contributed by atoms with van der Waals surface area (Å²) in [5, 5.41) is 1.30. The van der Waals surface area contributed by atoms with Gasteiger partial charge in [0, 0.05) is 27.7 Å². The van der Waals surface area contributed by atoms with Crippen molar-refractivity contribution >= 4 is 34.3 Å². The molecule has 0 amide bonds. The lowest BCUT2D eigenvalue weighted by molar-refractivity contribution is -0.148. The van der Waals surface area contributed by atoms with Gasteiger partial charge in [-0.3, -0.25) is 4.79 Å². The van der Waals surface area contributed by atoms with Gasteiger partial charge in [-0.05, 0) is 31.2 Å². The molecule has 0 bridgehead atoms. The van der Waals surface area contributed by atoms with E-state index in [0.717, 1.165) is 10.9 Å². The highest BCUT2D eigenvalue weighted by Crippen LogP contribution is 2.20. The molecule has 1 heterocycles. The van der Waals surface area contributed by atoms with Crippen molar-refractivity contribution in [3.63, 3.8) is 0 Å². The Balaban J connectivity index is 1.60. The molecule has 0 spiro atoms. The number of carbonyl (C=O) groups is 2. The fraction of sp³-hybridized carbons (Fsp3) is 0.158. The average Bonchev–Trinajstić information content (AvgIpc) is 3.03. The van der Waals surface area contributed by atoms with Gasteiger partial charge in [0.15, 0.2) is 12.7 Å². The molecule has 0 fully saturated rings. The standard InChI is InChI=1S/C19H16ClNO4/c1-12(19(23)16-10-21-17-8-3-2-7-15(16)17)25-18(22)11-24-14-6-4-5-13(20)9-14/h2-10,12,21H,11H2,1H3/t12-/m0/s1. The Hall–Kier alpha value is -2.79. The number of ketones is 1. The first kappa shape index (κ1) is 17.0. The summed E-state index contributed by atoms with van der Waals surface area (Å²) in [6, 6.07) is 14.1. The number of halogens is 1. The van der Waals surface area contributed by atoms with Crippen LogP contribution in [-0.2, 0) is 9.53 Å². The Kier molecular flexibility index (Phi) is 5.05. The molecule has 25 heavy (non-hydrogen) atoms. The van der Waals surface area contributed by atoms with Crippen LogP contribution in [0.25, 0.3) is 10.9 Å². The van der Waals surface area contributed by atoms with E-state index in [4.69, 9.17) is 21.1 Å². The number of fused-ring (bicyclic) bond motifs is 1. The van der Waals surface area contributed by atoms with E-state index in [2.05, 4.69) is 4.98 Å². The summed E-state index contributed by atoms with van der Waals surface area (Å²) in [5.74, 6) is -0.436. The molecule has 0 aliphatic heterocycles. The third-order valence-corrected chi connectivity index (χ3v) is 3.92. The van der Waals surface area contributed by atoms with E-state index in [1.807, 2.05) is 24.3 Å². The maximum atomic E-state index is 12.5. The molecule has 0 saturated carbocycles. The third-order valence-electron chi connectivity index (χ3n) is 3.68. The van der Waals surface area contributed by atoms with Gasteiger partial charge in [0.2, 0.25) is 5.78 Å². The van der Waals surface area contributed by atoms with Gasteiger partial charge in [-0.1, -0.05) is 35.9 Å². The SMILES string of the molecule is C[C@H](OC(=O)COc1cccc(Cl)c1)C(=O)c1c[nH]c2ccccc12. The number of esters is 1. The van der Waals surface area contributed by atoms with Crippen molar-refractivity contribution < 1.29 is 19.1 Å². The van der Waals surface area contributed by atoms with Crippen LogP contribution in [0.1, 0.15) is 17.3 Å². The average molecular weight is 358 g/mol. The molecule has 3 aromatic rings. The molecule has 0 saturated heterocycles. The van der Waals surface area contributed by atoms with E-state index in [9.17, 15) is 9.59 Å². The number of aromatic nitrogens is 1. The van der Waals surface area contributed by atoms with E-state index in [1.54, 1.807) is 37.4 Å². The zero-order valence-electron chi connectivity index (χ0n) is 13.5. The van der Waals surface area contributed by atoms with Gasteiger partial charge in [0.25, 0.3) is 0 Å². The lowest BCUT2D eigenvalue weighted by Crippen LogP contribution is -2.27. The van der Waals surface area contributed by atoms with E-state index in [1.165, 1.54) is 0 Å². The van der Waals surface area contributed by atoms with Crippen LogP contribution in [0.15, 0.2) is 54.7 Å². The summed E-state index contributed by atoms with van der Waals surface area (Å²) in [6.45, 7) is 1.24. The first-order valence-electron chi connectivity index (χ1n) is 7.73. The monoisotopic (exact) mass is 357 g/mol. The number of carbonyl (C=O) groups excluding carboxylic acids is 2. The Morgan fingerprint density at radius 3 is 2.76 bits per heavy atom. The quantitative estimate of drug-likeness (QED) is 0.534. The number of ether oxygens (including phenoxy) is 2. The van der Waals surface area contributed by atoms with Crippen LogP contribution in [0, 0.1) is 0 Å².